The van der Waals surface area contributed by atoms with Crippen LogP contribution in [0.25, 0.3) is 0 Å². The third-order valence-electron chi connectivity index (χ3n) is 5.36. The molecule has 1 aromatic heterocycles. The van der Waals surface area contributed by atoms with Crippen LogP contribution in [0.4, 0.5) is 0 Å². The van der Waals surface area contributed by atoms with Crippen molar-refractivity contribution in [2.75, 3.05) is 19.6 Å². The molecule has 2 aliphatic heterocycles. The molecule has 1 atom stereocenters. The number of aromatic amines is 1. The Morgan fingerprint density at radius 1 is 1.40 bits per heavy atom. The van der Waals surface area contributed by atoms with Crippen molar-refractivity contribution >= 4 is 11.8 Å². The Morgan fingerprint density at radius 2 is 2.20 bits per heavy atom. The average molecular weight is 348 g/mol. The summed E-state index contributed by atoms with van der Waals surface area (Å²) in [6, 6.07) is 0. The Bertz CT molecular complexity index is 579. The SMILES string of the molecule is CC(=O)NCC1CCC2(CCN(C(=O)CCCc3cn[nH]c3)CC2)O1. The number of rotatable bonds is 6. The number of H-pyrrole nitrogens is 1. The quantitative estimate of drug-likeness (QED) is 0.814. The lowest BCUT2D eigenvalue weighted by molar-refractivity contribution is -0.138. The average Bonchev–Trinajstić information content (AvgIpc) is 3.24. The monoisotopic (exact) mass is 348 g/mol. The first-order valence-corrected chi connectivity index (χ1v) is 9.24. The van der Waals surface area contributed by atoms with E-state index in [1.54, 1.807) is 0 Å². The van der Waals surface area contributed by atoms with Crippen LogP contribution >= 0.6 is 0 Å². The van der Waals surface area contributed by atoms with Crippen LogP contribution in [0.1, 0.15) is 51.0 Å². The van der Waals surface area contributed by atoms with Gasteiger partial charge in [-0.15, -0.1) is 0 Å². The number of nitrogens with zero attached hydrogens (tertiary/aromatic N) is 2. The first-order chi connectivity index (χ1) is 12.1. The first kappa shape index (κ1) is 17.9. The fourth-order valence-corrected chi connectivity index (χ4v) is 3.84. The molecule has 138 valence electrons. The number of aryl methyl sites for hydroxylation is 1. The number of nitrogens with one attached hydrogen (secondary N) is 2. The Hall–Kier alpha value is -1.89. The molecule has 0 saturated carbocycles. The van der Waals surface area contributed by atoms with Gasteiger partial charge in [0.2, 0.25) is 11.8 Å². The number of carbonyl (C=O) groups excluding carboxylic acids is 2. The zero-order valence-corrected chi connectivity index (χ0v) is 14.9. The zero-order valence-electron chi connectivity index (χ0n) is 14.9. The number of amides is 2. The van der Waals surface area contributed by atoms with Gasteiger partial charge in [0.1, 0.15) is 0 Å². The van der Waals surface area contributed by atoms with Crippen molar-refractivity contribution < 1.29 is 14.3 Å². The van der Waals surface area contributed by atoms with Crippen molar-refractivity contribution in [2.45, 2.75) is 63.6 Å². The van der Waals surface area contributed by atoms with Crippen LogP contribution in [0.3, 0.4) is 0 Å². The molecule has 1 unspecified atom stereocenters. The highest BCUT2D eigenvalue weighted by Gasteiger charge is 2.42. The minimum atomic E-state index is -0.0866. The summed E-state index contributed by atoms with van der Waals surface area (Å²) in [4.78, 5) is 25.4. The highest BCUT2D eigenvalue weighted by atomic mass is 16.5. The maximum atomic E-state index is 12.4. The van der Waals surface area contributed by atoms with E-state index in [0.29, 0.717) is 13.0 Å². The smallest absolute Gasteiger partial charge is 0.222 e. The van der Waals surface area contributed by atoms with E-state index in [1.807, 2.05) is 17.3 Å². The molecule has 25 heavy (non-hydrogen) atoms. The molecule has 2 aliphatic rings. The van der Waals surface area contributed by atoms with Crippen LogP contribution in [0, 0.1) is 0 Å². The molecule has 2 N–H and O–H groups in total. The Morgan fingerprint density at radius 3 is 2.88 bits per heavy atom. The fourth-order valence-electron chi connectivity index (χ4n) is 3.84. The maximum absolute atomic E-state index is 12.4. The number of likely N-dealkylation sites (tertiary alicyclic amines) is 1. The van der Waals surface area contributed by atoms with Gasteiger partial charge in [0.05, 0.1) is 17.9 Å². The van der Waals surface area contributed by atoms with Crippen LogP contribution < -0.4 is 5.32 Å². The van der Waals surface area contributed by atoms with Gasteiger partial charge in [0, 0.05) is 39.2 Å². The van der Waals surface area contributed by atoms with Crippen molar-refractivity contribution in [1.82, 2.24) is 20.4 Å². The molecule has 0 bridgehead atoms. The molecule has 7 nitrogen and oxygen atoms in total. The number of carbonyl (C=O) groups is 2. The fraction of sp³-hybridized carbons (Fsp3) is 0.722. The summed E-state index contributed by atoms with van der Waals surface area (Å²) < 4.78 is 6.24. The van der Waals surface area contributed by atoms with Crippen LogP contribution in [-0.4, -0.2) is 58.3 Å². The predicted molar refractivity (Wildman–Crippen MR) is 92.9 cm³/mol. The summed E-state index contributed by atoms with van der Waals surface area (Å²) in [5.74, 6) is 0.228. The van der Waals surface area contributed by atoms with Crippen molar-refractivity contribution in [2.24, 2.45) is 0 Å². The number of aromatic nitrogens is 2. The maximum Gasteiger partial charge on any atom is 0.222 e. The van der Waals surface area contributed by atoms with E-state index in [9.17, 15) is 9.59 Å². The van der Waals surface area contributed by atoms with Crippen LogP contribution in [0.5, 0.6) is 0 Å². The second-order valence-corrected chi connectivity index (χ2v) is 7.24. The highest BCUT2D eigenvalue weighted by Crippen LogP contribution is 2.38. The third-order valence-corrected chi connectivity index (χ3v) is 5.36. The van der Waals surface area contributed by atoms with Crippen molar-refractivity contribution in [3.8, 4) is 0 Å². The number of hydrogen-bond acceptors (Lipinski definition) is 4. The molecule has 0 aliphatic carbocycles. The minimum Gasteiger partial charge on any atom is -0.370 e. The van der Waals surface area contributed by atoms with Gasteiger partial charge < -0.3 is 15.0 Å². The lowest BCUT2D eigenvalue weighted by Crippen LogP contribution is -2.47. The van der Waals surface area contributed by atoms with Crippen LogP contribution in [0.2, 0.25) is 0 Å². The number of piperidine rings is 1. The summed E-state index contributed by atoms with van der Waals surface area (Å²) >= 11 is 0. The molecule has 1 aromatic rings. The minimum absolute atomic E-state index is 0.0135. The van der Waals surface area contributed by atoms with Gasteiger partial charge in [-0.05, 0) is 44.1 Å². The van der Waals surface area contributed by atoms with E-state index in [-0.39, 0.29) is 23.5 Å². The zero-order chi connectivity index (χ0) is 17.7. The summed E-state index contributed by atoms with van der Waals surface area (Å²) in [7, 11) is 0. The second-order valence-electron chi connectivity index (χ2n) is 7.24. The van der Waals surface area contributed by atoms with Gasteiger partial charge in [0.25, 0.3) is 0 Å². The number of hydrogen-bond donors (Lipinski definition) is 2. The lowest BCUT2D eigenvalue weighted by atomic mass is 9.88. The summed E-state index contributed by atoms with van der Waals surface area (Å²) in [6.07, 6.45) is 9.94. The third kappa shape index (κ3) is 4.81. The Kier molecular flexibility index (Phi) is 5.73. The number of ether oxygens (including phenoxy) is 1. The molecular formula is C18H28N4O3. The molecular weight excluding hydrogens is 320 g/mol. The molecule has 7 heteroatoms. The largest absolute Gasteiger partial charge is 0.370 e. The van der Waals surface area contributed by atoms with E-state index in [1.165, 1.54) is 6.92 Å². The van der Waals surface area contributed by atoms with E-state index in [0.717, 1.165) is 57.2 Å². The van der Waals surface area contributed by atoms with Gasteiger partial charge in [-0.3, -0.25) is 14.7 Å². The van der Waals surface area contributed by atoms with E-state index in [4.69, 9.17) is 4.74 Å². The topological polar surface area (TPSA) is 87.3 Å². The van der Waals surface area contributed by atoms with Crippen LogP contribution in [-0.2, 0) is 20.7 Å². The highest BCUT2D eigenvalue weighted by molar-refractivity contribution is 5.76. The van der Waals surface area contributed by atoms with Crippen molar-refractivity contribution in [3.05, 3.63) is 18.0 Å². The molecule has 2 amide bonds. The normalized spacial score (nSPS) is 22.3. The summed E-state index contributed by atoms with van der Waals surface area (Å²) in [6.45, 7) is 3.67. The van der Waals surface area contributed by atoms with Gasteiger partial charge in [0.15, 0.2) is 0 Å². The Labute approximate surface area is 148 Å². The van der Waals surface area contributed by atoms with Crippen molar-refractivity contribution in [3.63, 3.8) is 0 Å². The van der Waals surface area contributed by atoms with Gasteiger partial charge >= 0.3 is 0 Å². The second kappa shape index (κ2) is 7.99. The predicted octanol–water partition coefficient (Wildman–Crippen LogP) is 1.41. The summed E-state index contributed by atoms with van der Waals surface area (Å²) in [5.41, 5.74) is 1.06. The lowest BCUT2D eigenvalue weighted by Gasteiger charge is -2.39. The summed E-state index contributed by atoms with van der Waals surface area (Å²) in [5, 5.41) is 9.55. The van der Waals surface area contributed by atoms with Gasteiger partial charge in [-0.25, -0.2) is 0 Å². The van der Waals surface area contributed by atoms with E-state index < -0.39 is 0 Å². The Balaban J connectivity index is 1.38. The molecule has 3 heterocycles. The first-order valence-electron chi connectivity index (χ1n) is 9.24. The van der Waals surface area contributed by atoms with E-state index >= 15 is 0 Å². The molecule has 2 saturated heterocycles. The van der Waals surface area contributed by atoms with Crippen molar-refractivity contribution in [1.29, 1.82) is 0 Å². The van der Waals surface area contributed by atoms with Gasteiger partial charge in [-0.2, -0.15) is 5.10 Å². The van der Waals surface area contributed by atoms with E-state index in [2.05, 4.69) is 15.5 Å². The molecule has 3 rings (SSSR count). The van der Waals surface area contributed by atoms with Crippen LogP contribution in [0.15, 0.2) is 12.4 Å². The molecule has 2 fully saturated rings. The van der Waals surface area contributed by atoms with Gasteiger partial charge in [-0.1, -0.05) is 0 Å². The standard InChI is InChI=1S/C18H28N4O3/c1-14(23)19-13-16-5-6-18(25-16)7-9-22(10-8-18)17(24)4-2-3-15-11-20-21-12-15/h11-12,16H,2-10,13H2,1H3,(H,19,23)(H,20,21). The molecule has 1 spiro atoms. The molecule has 0 aromatic carbocycles. The molecule has 0 radical (unpaired) electrons.